The molecule has 0 radical (unpaired) electrons. The maximum Gasteiger partial charge on any atom is 0.248 e. The summed E-state index contributed by atoms with van der Waals surface area (Å²) >= 11 is 0. The quantitative estimate of drug-likeness (QED) is 0.382. The Morgan fingerprint density at radius 3 is 2.74 bits per heavy atom. The Morgan fingerprint density at radius 2 is 1.94 bits per heavy atom. The van der Waals surface area contributed by atoms with E-state index in [0.717, 1.165) is 28.1 Å². The minimum atomic E-state index is -0.262. The highest BCUT2D eigenvalue weighted by Crippen LogP contribution is 2.23. The number of pyridine rings is 1. The molecule has 5 aromatic rings. The van der Waals surface area contributed by atoms with Gasteiger partial charge in [-0.2, -0.15) is 5.10 Å². The molecule has 0 saturated heterocycles. The highest BCUT2D eigenvalue weighted by molar-refractivity contribution is 6.02. The summed E-state index contributed by atoms with van der Waals surface area (Å²) in [6, 6.07) is 21.2. The van der Waals surface area contributed by atoms with E-state index >= 15 is 0 Å². The summed E-state index contributed by atoms with van der Waals surface area (Å²) in [5.74, 6) is -0.262. The zero-order chi connectivity index (χ0) is 23.2. The van der Waals surface area contributed by atoms with Crippen molar-refractivity contribution >= 4 is 17.7 Å². The Kier molecular flexibility index (Phi) is 5.98. The van der Waals surface area contributed by atoms with Gasteiger partial charge in [0.15, 0.2) is 0 Å². The molecule has 0 saturated carbocycles. The molecule has 1 N–H and O–H groups in total. The maximum absolute atomic E-state index is 12.6. The zero-order valence-electron chi connectivity index (χ0n) is 18.1. The molecule has 34 heavy (non-hydrogen) atoms. The lowest BCUT2D eigenvalue weighted by Gasteiger charge is -2.05. The van der Waals surface area contributed by atoms with Crippen molar-refractivity contribution in [2.24, 2.45) is 0 Å². The summed E-state index contributed by atoms with van der Waals surface area (Å²) in [5.41, 5.74) is 4.97. The summed E-state index contributed by atoms with van der Waals surface area (Å²) in [6.45, 7) is 0.623. The van der Waals surface area contributed by atoms with E-state index in [4.69, 9.17) is 5.10 Å². The van der Waals surface area contributed by atoms with Gasteiger partial charge in [-0.15, -0.1) is 5.10 Å². The van der Waals surface area contributed by atoms with E-state index in [9.17, 15) is 4.79 Å². The van der Waals surface area contributed by atoms with Crippen LogP contribution >= 0.6 is 0 Å². The van der Waals surface area contributed by atoms with Crippen LogP contribution in [-0.4, -0.2) is 40.9 Å². The fourth-order valence-corrected chi connectivity index (χ4v) is 3.49. The first-order valence-corrected chi connectivity index (χ1v) is 10.6. The number of carbonyl (C=O) groups is 1. The van der Waals surface area contributed by atoms with Crippen molar-refractivity contribution < 1.29 is 4.79 Å². The van der Waals surface area contributed by atoms with Crippen molar-refractivity contribution in [3.63, 3.8) is 0 Å². The van der Waals surface area contributed by atoms with Gasteiger partial charge in [-0.3, -0.25) is 14.5 Å². The molecule has 0 unspecified atom stereocenters. The first kappa shape index (κ1) is 21.0. The Hall–Kier alpha value is -4.92. The van der Waals surface area contributed by atoms with E-state index in [0.29, 0.717) is 12.2 Å². The van der Waals surface area contributed by atoms with Crippen LogP contribution in [0.4, 0.5) is 5.69 Å². The van der Waals surface area contributed by atoms with Crippen LogP contribution in [0.25, 0.3) is 23.0 Å². The fraction of sp³-hybridized carbons (Fsp3) is 0.0400. The second-order valence-electron chi connectivity index (χ2n) is 7.49. The van der Waals surface area contributed by atoms with E-state index in [-0.39, 0.29) is 5.91 Å². The molecule has 5 rings (SSSR count). The molecule has 9 nitrogen and oxygen atoms in total. The molecule has 166 valence electrons. The molecule has 0 atom stereocenters. The molecule has 0 spiro atoms. The third kappa shape index (κ3) is 4.94. The van der Waals surface area contributed by atoms with Crippen LogP contribution in [0.15, 0.2) is 97.7 Å². The van der Waals surface area contributed by atoms with Crippen LogP contribution in [0.5, 0.6) is 0 Å². The smallest absolute Gasteiger partial charge is 0.248 e. The Morgan fingerprint density at radius 1 is 1.03 bits per heavy atom. The number of hydrogen-bond acceptors (Lipinski definition) is 6. The number of hydrogen-bond donors (Lipinski definition) is 1. The van der Waals surface area contributed by atoms with E-state index in [2.05, 4.69) is 38.0 Å². The molecule has 9 heteroatoms. The van der Waals surface area contributed by atoms with Gasteiger partial charge in [-0.25, -0.2) is 4.68 Å². The minimum Gasteiger partial charge on any atom is -0.322 e. The second kappa shape index (κ2) is 9.70. The van der Waals surface area contributed by atoms with Crippen molar-refractivity contribution in [2.45, 2.75) is 6.54 Å². The number of amides is 1. The van der Waals surface area contributed by atoms with Gasteiger partial charge in [0.1, 0.15) is 12.0 Å². The number of carbonyl (C=O) groups excluding carboxylic acids is 1. The second-order valence-corrected chi connectivity index (χ2v) is 7.49. The third-order valence-electron chi connectivity index (χ3n) is 5.05. The number of aromatic nitrogens is 7. The van der Waals surface area contributed by atoms with Gasteiger partial charge in [-0.1, -0.05) is 36.4 Å². The van der Waals surface area contributed by atoms with Crippen molar-refractivity contribution in [3.05, 3.63) is 109 Å². The van der Waals surface area contributed by atoms with Gasteiger partial charge in [0.05, 0.1) is 12.2 Å². The average molecular weight is 448 g/mol. The van der Waals surface area contributed by atoms with Crippen LogP contribution in [-0.2, 0) is 11.3 Å². The predicted molar refractivity (Wildman–Crippen MR) is 128 cm³/mol. The lowest BCUT2D eigenvalue weighted by molar-refractivity contribution is -0.111. The Labute approximate surface area is 195 Å². The molecule has 0 aliphatic carbocycles. The van der Waals surface area contributed by atoms with Gasteiger partial charge < -0.3 is 5.32 Å². The SMILES string of the molecule is O=C(/C=C/c1cn(Cc2ccccc2)nc1-c1cccnc1)Nc1cccc(-n2cnnn2)c1. The van der Waals surface area contributed by atoms with Crippen molar-refractivity contribution in [1.29, 1.82) is 0 Å². The zero-order valence-corrected chi connectivity index (χ0v) is 18.1. The number of benzene rings is 2. The van der Waals surface area contributed by atoms with Gasteiger partial charge >= 0.3 is 0 Å². The van der Waals surface area contributed by atoms with Crippen molar-refractivity contribution in [1.82, 2.24) is 35.0 Å². The highest BCUT2D eigenvalue weighted by Gasteiger charge is 2.11. The third-order valence-corrected chi connectivity index (χ3v) is 5.05. The van der Waals surface area contributed by atoms with Crippen LogP contribution < -0.4 is 5.32 Å². The minimum absolute atomic E-state index is 0.262. The fourth-order valence-electron chi connectivity index (χ4n) is 3.49. The lowest BCUT2D eigenvalue weighted by Crippen LogP contribution is -2.08. The predicted octanol–water partition coefficient (Wildman–Crippen LogP) is 3.62. The molecular formula is C25H20N8O. The molecule has 3 aromatic heterocycles. The van der Waals surface area contributed by atoms with Gasteiger partial charge in [-0.05, 0) is 52.4 Å². The average Bonchev–Trinajstić information content (AvgIpc) is 3.55. The van der Waals surface area contributed by atoms with Gasteiger partial charge in [0.25, 0.3) is 0 Å². The monoisotopic (exact) mass is 448 g/mol. The molecule has 0 bridgehead atoms. The largest absolute Gasteiger partial charge is 0.322 e. The number of anilines is 1. The molecule has 3 heterocycles. The molecular weight excluding hydrogens is 428 g/mol. The maximum atomic E-state index is 12.6. The summed E-state index contributed by atoms with van der Waals surface area (Å²) in [4.78, 5) is 16.9. The highest BCUT2D eigenvalue weighted by atomic mass is 16.1. The molecule has 0 aliphatic heterocycles. The topological polar surface area (TPSA) is 103 Å². The Bertz CT molecular complexity index is 1410. The first-order valence-electron chi connectivity index (χ1n) is 10.6. The van der Waals surface area contributed by atoms with E-state index in [1.54, 1.807) is 30.6 Å². The van der Waals surface area contributed by atoms with Crippen molar-refractivity contribution in [2.75, 3.05) is 5.32 Å². The van der Waals surface area contributed by atoms with Gasteiger partial charge in [0.2, 0.25) is 5.91 Å². The molecule has 1 amide bonds. The van der Waals surface area contributed by atoms with Crippen LogP contribution in [0, 0.1) is 0 Å². The van der Waals surface area contributed by atoms with Gasteiger partial charge in [0, 0.05) is 41.5 Å². The van der Waals surface area contributed by atoms with Crippen molar-refractivity contribution in [3.8, 4) is 16.9 Å². The number of rotatable bonds is 7. The van der Waals surface area contributed by atoms with Crippen LogP contribution in [0.1, 0.15) is 11.1 Å². The number of nitrogens with one attached hydrogen (secondary N) is 1. The van der Waals surface area contributed by atoms with Crippen LogP contribution in [0.3, 0.4) is 0 Å². The molecule has 0 fully saturated rings. The molecule has 0 aliphatic rings. The van der Waals surface area contributed by atoms with Crippen LogP contribution in [0.2, 0.25) is 0 Å². The van der Waals surface area contributed by atoms with E-state index < -0.39 is 0 Å². The lowest BCUT2D eigenvalue weighted by atomic mass is 10.1. The summed E-state index contributed by atoms with van der Waals surface area (Å²) < 4.78 is 3.39. The summed E-state index contributed by atoms with van der Waals surface area (Å²) in [5, 5.41) is 18.8. The summed E-state index contributed by atoms with van der Waals surface area (Å²) in [7, 11) is 0. The normalized spacial score (nSPS) is 11.1. The van der Waals surface area contributed by atoms with E-state index in [1.807, 2.05) is 53.3 Å². The number of nitrogens with zero attached hydrogens (tertiary/aromatic N) is 7. The standard InChI is InChI=1S/C25H20N8O/c34-24(28-22-9-4-10-23(14-22)33-18-27-30-31-33)12-11-21-17-32(16-19-6-2-1-3-7-19)29-25(21)20-8-5-13-26-15-20/h1-15,17-18H,16H2,(H,28,34)/b12-11+. The molecule has 2 aromatic carbocycles. The Balaban J connectivity index is 1.37. The number of tetrazole rings is 1. The van der Waals surface area contributed by atoms with E-state index in [1.165, 1.54) is 17.1 Å². The summed E-state index contributed by atoms with van der Waals surface area (Å²) in [6.07, 6.45) is 10.2. The first-order chi connectivity index (χ1) is 16.7.